The number of carbonyl (C=O) groups excluding carboxylic acids is 12. The van der Waals surface area contributed by atoms with Crippen LogP contribution in [0.25, 0.3) is 0 Å². The number of ketones is 3. The standard InChI is InChI=1S/C18H31NO6.C17H29NO5.C17H33NO4.2C17H33NO3.C5H12/c1-5-24-18(23)16-15(25-16)14(21)9-13(8-11(2)3)17(22)19-7-6-12(4)10-20;1-10(2)7-13(17(22)18-6-5-11(3)9-19)8-14(21)16-15(23-16)12(4)20;1-12(2)9-14(10-15(20)22-17(4,5)6)16(21)18-8-7-13(3)11-19;2*1-12(2)8-9-18-16(20)14(10-13(3)4)11-15(19)21-17(5,6)7;1-4-5(2)3/h11-13,15-16,20H,5-10H2,1-4H3,(H,19,22);10-11,13,15-16,19H,5-9H2,1-4H3,(H,18,22);12-14,19H,7-11H2,1-6H3,(H,18,21);2*12-14H,8-11H2,1-7H3,(H,18,20);5H,4H2,1-3H3/t12-,13-,15-,16+;11-,13-,15-,16-;13-,14-;2*14-;/m11111./s1/i;;;1D3,3D3,12D,13D;1D3,12D;2D3,5D/t;;;12?,13?,14-;12?,14-;. The zero-order valence-corrected chi connectivity index (χ0v) is 76.6. The van der Waals surface area contributed by atoms with Crippen LogP contribution in [0.4, 0.5) is 0 Å². The molecule has 0 radical (unpaired) electrons. The van der Waals surface area contributed by atoms with E-state index < -0.39 is 153 Å². The van der Waals surface area contributed by atoms with Crippen molar-refractivity contribution in [2.24, 2.45) is 94.6 Å². The van der Waals surface area contributed by atoms with Crippen molar-refractivity contribution in [3.63, 3.8) is 0 Å². The number of amides is 5. The van der Waals surface area contributed by atoms with Crippen LogP contribution >= 0.6 is 0 Å². The van der Waals surface area contributed by atoms with Gasteiger partial charge in [-0.2, -0.15) is 0 Å². The third-order valence-corrected chi connectivity index (χ3v) is 17.2. The van der Waals surface area contributed by atoms with Gasteiger partial charge in [0.15, 0.2) is 29.6 Å². The smallest absolute Gasteiger partial charge is 0.338 e. The van der Waals surface area contributed by atoms with Gasteiger partial charge in [0.05, 0.1) is 25.9 Å². The van der Waals surface area contributed by atoms with Crippen LogP contribution in [0.5, 0.6) is 0 Å². The van der Waals surface area contributed by atoms with E-state index in [1.165, 1.54) is 34.6 Å². The van der Waals surface area contributed by atoms with Crippen molar-refractivity contribution in [1.82, 2.24) is 26.6 Å². The molecule has 26 nitrogen and oxygen atoms in total. The maximum Gasteiger partial charge on any atom is 0.338 e. The quantitative estimate of drug-likeness (QED) is 0.0159. The van der Waals surface area contributed by atoms with Gasteiger partial charge in [0, 0.05) is 117 Å². The highest BCUT2D eigenvalue weighted by atomic mass is 16.6. The number of rotatable bonds is 49. The monoisotopic (exact) mass is 1690 g/mol. The Kier molecular flexibility index (Phi) is 47.9. The summed E-state index contributed by atoms with van der Waals surface area (Å²) in [6.07, 6.45) is 1.26. The molecule has 117 heavy (non-hydrogen) atoms. The molecule has 16 atom stereocenters. The third-order valence-electron chi connectivity index (χ3n) is 17.2. The van der Waals surface area contributed by atoms with E-state index in [1.807, 2.05) is 96.9 Å². The van der Waals surface area contributed by atoms with Gasteiger partial charge in [-0.15, -0.1) is 0 Å². The lowest BCUT2D eigenvalue weighted by molar-refractivity contribution is -0.158. The third kappa shape index (κ3) is 67.4. The lowest BCUT2D eigenvalue weighted by atomic mass is 9.90. The molecule has 686 valence electrons. The van der Waals surface area contributed by atoms with Gasteiger partial charge in [0.2, 0.25) is 29.5 Å². The molecule has 2 fully saturated rings. The topological polar surface area (TPSA) is 388 Å². The summed E-state index contributed by atoms with van der Waals surface area (Å²) in [6, 6.07) is 0. The average Bonchev–Trinajstić information content (AvgIpc) is 1.68. The van der Waals surface area contributed by atoms with Crippen molar-refractivity contribution < 1.29 is 123 Å². The van der Waals surface area contributed by atoms with Gasteiger partial charge in [0.25, 0.3) is 0 Å². The molecule has 2 aliphatic heterocycles. The fourth-order valence-corrected chi connectivity index (χ4v) is 11.0. The Balaban J connectivity index is -0.000000765. The van der Waals surface area contributed by atoms with E-state index in [0.29, 0.717) is 76.4 Å². The molecule has 8 N–H and O–H groups in total. The van der Waals surface area contributed by atoms with E-state index in [1.54, 1.807) is 55.4 Å². The molecule has 0 aromatic rings. The van der Waals surface area contributed by atoms with E-state index in [4.69, 9.17) is 65.7 Å². The summed E-state index contributed by atoms with van der Waals surface area (Å²) in [5.41, 5.74) is -1.94. The maximum absolute atomic E-state index is 12.6. The Morgan fingerprint density at radius 2 is 0.624 bits per heavy atom. The Bertz CT molecular complexity index is 3500. The summed E-state index contributed by atoms with van der Waals surface area (Å²) in [5.74, 6) is -11.9. The van der Waals surface area contributed by atoms with Crippen LogP contribution in [-0.4, -0.2) is 186 Å². The predicted molar refractivity (Wildman–Crippen MR) is 462 cm³/mol. The van der Waals surface area contributed by atoms with Crippen LogP contribution in [0, 0.1) is 94.6 Å². The number of Topliss-reactive ketones (excluding diaryl/α,β-unsaturated/α-hetero) is 3. The summed E-state index contributed by atoms with van der Waals surface area (Å²) >= 11 is 0. The van der Waals surface area contributed by atoms with Crippen LogP contribution in [0.2, 0.25) is 0 Å². The number of carbonyl (C=O) groups is 12. The van der Waals surface area contributed by atoms with Crippen molar-refractivity contribution in [1.29, 1.82) is 0 Å². The molecule has 4 unspecified atom stereocenters. The van der Waals surface area contributed by atoms with Crippen molar-refractivity contribution in [2.75, 3.05) is 59.2 Å². The van der Waals surface area contributed by atoms with Crippen LogP contribution in [0.3, 0.4) is 0 Å². The molecule has 5 amide bonds. The van der Waals surface area contributed by atoms with Gasteiger partial charge in [-0.3, -0.25) is 52.7 Å². The van der Waals surface area contributed by atoms with Crippen LogP contribution in [0.1, 0.15) is 339 Å². The van der Waals surface area contributed by atoms with E-state index in [-0.39, 0.29) is 160 Å². The zero-order valence-electron chi connectivity index (χ0n) is 92.6. The van der Waals surface area contributed by atoms with E-state index >= 15 is 0 Å². The average molecular weight is 1690 g/mol. The molecule has 2 aliphatic rings. The SMILES string of the molecule is CC(=O)[C@H]1O[C@@H]1C(=O)C[C@@H](CC(C)C)C(=O)NCC[C@@H](C)CO.CC(C)C[C@H](CC(=O)OC(C)(C)C)C(=O)NCC[C@@H](C)CO.CCOC(=O)[C@H]1O[C@@H]1C(=O)C[C@@H](CC(C)C)C(=O)NCC[C@@H](C)CO.[2H]C([2H])([2H])C([2H])(C)CC.[2H]C([2H])([2H])C([2H])(C)CCNC(=O)[C@@H](CC(=O)OC(C)(C)C)CC(C)C.[2H]C([2H])([2H])C([2H])(C)CCNC(=O)[C@@H](CC(=O)OC(C)(C)C)CC([2H])(C)C([2H])([2H])[2H]. The molecule has 0 aromatic carbocycles. The first-order chi connectivity index (χ1) is 60.0. The number of hydrogen-bond donors (Lipinski definition) is 8. The second-order valence-electron chi connectivity index (χ2n) is 35.9. The van der Waals surface area contributed by atoms with Gasteiger partial charge in [-0.1, -0.05) is 145 Å². The number of aliphatic hydroxyl groups excluding tert-OH is 3. The lowest BCUT2D eigenvalue weighted by Gasteiger charge is -2.23. The molecule has 2 heterocycles. The van der Waals surface area contributed by atoms with Crippen LogP contribution in [-0.2, 0) is 86.0 Å². The van der Waals surface area contributed by atoms with Crippen molar-refractivity contribution in [3.8, 4) is 0 Å². The summed E-state index contributed by atoms with van der Waals surface area (Å²) < 4.78 is 149. The highest BCUT2D eigenvalue weighted by Crippen LogP contribution is 2.31. The van der Waals surface area contributed by atoms with E-state index in [0.717, 1.165) is 6.42 Å². The summed E-state index contributed by atoms with van der Waals surface area (Å²) in [5, 5.41) is 40.7. The van der Waals surface area contributed by atoms with Crippen molar-refractivity contribution in [3.05, 3.63) is 0 Å². The maximum atomic E-state index is 12.6. The Labute approximate surface area is 730 Å². The molecule has 0 bridgehead atoms. The number of esters is 4. The van der Waals surface area contributed by atoms with E-state index in [2.05, 4.69) is 26.6 Å². The minimum absolute atomic E-state index is 0.01000. The first-order valence-electron chi connectivity index (χ1n) is 50.0. The molecular formula is C91H171N5O21. The number of ether oxygens (including phenoxy) is 6. The largest absolute Gasteiger partial charge is 0.464 e. The fraction of sp³-hybridized carbons (Fsp3) is 0.868. The minimum Gasteiger partial charge on any atom is -0.464 e. The van der Waals surface area contributed by atoms with Crippen molar-refractivity contribution in [2.45, 2.75) is 358 Å². The molecule has 0 aromatic heterocycles. The normalized spacial score (nSPS) is 21.4. The summed E-state index contributed by atoms with van der Waals surface area (Å²) in [7, 11) is 0. The molecule has 2 saturated heterocycles. The van der Waals surface area contributed by atoms with Gasteiger partial charge in [-0.05, 0) is 205 Å². The first-order valence-corrected chi connectivity index (χ1v) is 42.0. The molecular weight excluding hydrogens is 1500 g/mol. The first kappa shape index (κ1) is 88.8. The Hall–Kier alpha value is -5.96. The number of nitrogens with one attached hydrogen (secondary N) is 5. The lowest BCUT2D eigenvalue weighted by Crippen LogP contribution is -2.35. The molecule has 26 heteroatoms. The molecule has 0 saturated carbocycles. The molecule has 2 rings (SSSR count). The predicted octanol–water partition coefficient (Wildman–Crippen LogP) is 13.8. The zero-order chi connectivity index (χ0) is 105. The number of hydrogen-bond acceptors (Lipinski definition) is 21. The Morgan fingerprint density at radius 3 is 0.846 bits per heavy atom. The second kappa shape index (κ2) is 63.1. The number of aliphatic hydroxyl groups is 3. The van der Waals surface area contributed by atoms with Gasteiger partial charge in [-0.25, -0.2) is 4.79 Å². The minimum atomic E-state index is -2.67. The van der Waals surface area contributed by atoms with Crippen molar-refractivity contribution >= 4 is 70.8 Å². The van der Waals surface area contributed by atoms with Crippen LogP contribution < -0.4 is 26.6 Å². The van der Waals surface area contributed by atoms with E-state index in [9.17, 15) is 57.5 Å². The molecule has 0 spiro atoms. The highest BCUT2D eigenvalue weighted by molar-refractivity contribution is 5.98. The molecule has 0 aliphatic carbocycles. The van der Waals surface area contributed by atoms with Gasteiger partial charge >= 0.3 is 23.9 Å². The number of epoxide rings is 2. The van der Waals surface area contributed by atoms with Gasteiger partial charge in [0.1, 0.15) is 29.0 Å². The summed E-state index contributed by atoms with van der Waals surface area (Å²) in [4.78, 5) is 145. The second-order valence-corrected chi connectivity index (χ2v) is 35.9. The highest BCUT2D eigenvalue weighted by Gasteiger charge is 2.52. The summed E-state index contributed by atoms with van der Waals surface area (Å²) in [6.45, 7) is 39.6. The van der Waals surface area contributed by atoms with Gasteiger partial charge < -0.3 is 70.3 Å². The fourth-order valence-electron chi connectivity index (χ4n) is 11.0. The van der Waals surface area contributed by atoms with Crippen LogP contribution in [0.15, 0.2) is 0 Å². The Morgan fingerprint density at radius 1 is 0.368 bits per heavy atom.